The van der Waals surface area contributed by atoms with Crippen molar-refractivity contribution in [3.05, 3.63) is 59.7 Å². The molecule has 112 valence electrons. The minimum absolute atomic E-state index is 0.889. The van der Waals surface area contributed by atoms with Gasteiger partial charge in [-0.2, -0.15) is 0 Å². The third-order valence-electron chi connectivity index (χ3n) is 3.50. The number of benzene rings is 2. The summed E-state index contributed by atoms with van der Waals surface area (Å²) in [5.74, 6) is 0.889. The molecule has 0 spiro atoms. The van der Waals surface area contributed by atoms with Crippen LogP contribution in [0.25, 0.3) is 0 Å². The molecule has 0 amide bonds. The zero-order valence-electron chi connectivity index (χ0n) is 13.1. The SMILES string of the molecule is CCNCc1cccc(CN(C)c2ccc(OC)cc2)c1. The maximum absolute atomic E-state index is 5.19. The van der Waals surface area contributed by atoms with Crippen molar-refractivity contribution in [3.8, 4) is 5.75 Å². The lowest BCUT2D eigenvalue weighted by Gasteiger charge is -2.20. The summed E-state index contributed by atoms with van der Waals surface area (Å²) < 4.78 is 5.19. The minimum atomic E-state index is 0.889. The summed E-state index contributed by atoms with van der Waals surface area (Å²) >= 11 is 0. The van der Waals surface area contributed by atoms with E-state index in [2.05, 4.69) is 60.6 Å². The summed E-state index contributed by atoms with van der Waals surface area (Å²) in [5, 5.41) is 3.36. The fraction of sp³-hybridized carbons (Fsp3) is 0.333. The fourth-order valence-corrected chi connectivity index (χ4v) is 2.31. The van der Waals surface area contributed by atoms with Crippen molar-refractivity contribution in [2.45, 2.75) is 20.0 Å². The monoisotopic (exact) mass is 284 g/mol. The highest BCUT2D eigenvalue weighted by atomic mass is 16.5. The van der Waals surface area contributed by atoms with Crippen LogP contribution in [-0.2, 0) is 13.1 Å². The molecule has 0 saturated carbocycles. The van der Waals surface area contributed by atoms with Crippen LogP contribution >= 0.6 is 0 Å². The quantitative estimate of drug-likeness (QED) is 0.843. The predicted molar refractivity (Wildman–Crippen MR) is 88.9 cm³/mol. The molecular weight excluding hydrogens is 260 g/mol. The highest BCUT2D eigenvalue weighted by molar-refractivity contribution is 5.49. The summed E-state index contributed by atoms with van der Waals surface area (Å²) in [6, 6.07) is 16.9. The van der Waals surface area contributed by atoms with Gasteiger partial charge in [0.2, 0.25) is 0 Å². The van der Waals surface area contributed by atoms with Gasteiger partial charge in [0, 0.05) is 25.8 Å². The van der Waals surface area contributed by atoms with Crippen LogP contribution in [0.4, 0.5) is 5.69 Å². The molecule has 0 fully saturated rings. The Morgan fingerprint density at radius 2 is 1.76 bits per heavy atom. The molecule has 3 nitrogen and oxygen atoms in total. The molecule has 1 N–H and O–H groups in total. The van der Waals surface area contributed by atoms with Crippen LogP contribution in [0.1, 0.15) is 18.1 Å². The summed E-state index contributed by atoms with van der Waals surface area (Å²) in [6.45, 7) is 4.94. The number of methoxy groups -OCH3 is 1. The van der Waals surface area contributed by atoms with Crippen molar-refractivity contribution in [1.82, 2.24) is 5.32 Å². The molecule has 0 aliphatic carbocycles. The van der Waals surface area contributed by atoms with E-state index in [0.29, 0.717) is 0 Å². The lowest BCUT2D eigenvalue weighted by atomic mass is 10.1. The molecule has 21 heavy (non-hydrogen) atoms. The molecule has 3 heteroatoms. The lowest BCUT2D eigenvalue weighted by Crippen LogP contribution is -2.17. The number of hydrogen-bond acceptors (Lipinski definition) is 3. The smallest absolute Gasteiger partial charge is 0.119 e. The summed E-state index contributed by atoms with van der Waals surface area (Å²) in [5.41, 5.74) is 3.84. The van der Waals surface area contributed by atoms with Crippen LogP contribution in [0.3, 0.4) is 0 Å². The number of nitrogens with zero attached hydrogens (tertiary/aromatic N) is 1. The summed E-state index contributed by atoms with van der Waals surface area (Å²) in [4.78, 5) is 2.24. The van der Waals surface area contributed by atoms with E-state index in [4.69, 9.17) is 4.74 Å². The molecule has 0 heterocycles. The number of ether oxygens (including phenoxy) is 1. The molecule has 2 aromatic carbocycles. The van der Waals surface area contributed by atoms with Gasteiger partial charge < -0.3 is 15.0 Å². The van der Waals surface area contributed by atoms with Crippen molar-refractivity contribution in [3.63, 3.8) is 0 Å². The average molecular weight is 284 g/mol. The van der Waals surface area contributed by atoms with Crippen molar-refractivity contribution < 1.29 is 4.74 Å². The van der Waals surface area contributed by atoms with Gasteiger partial charge in [0.15, 0.2) is 0 Å². The van der Waals surface area contributed by atoms with Crippen LogP contribution in [0.15, 0.2) is 48.5 Å². The molecule has 0 atom stereocenters. The summed E-state index contributed by atoms with van der Waals surface area (Å²) in [7, 11) is 3.80. The van der Waals surface area contributed by atoms with Crippen LogP contribution in [-0.4, -0.2) is 20.7 Å². The molecule has 0 radical (unpaired) electrons. The van der Waals surface area contributed by atoms with Crippen LogP contribution < -0.4 is 15.0 Å². The van der Waals surface area contributed by atoms with Gasteiger partial charge >= 0.3 is 0 Å². The van der Waals surface area contributed by atoms with Gasteiger partial charge in [-0.15, -0.1) is 0 Å². The van der Waals surface area contributed by atoms with E-state index in [1.54, 1.807) is 7.11 Å². The topological polar surface area (TPSA) is 24.5 Å². The van der Waals surface area contributed by atoms with Crippen LogP contribution in [0.5, 0.6) is 5.75 Å². The van der Waals surface area contributed by atoms with Gasteiger partial charge in [-0.25, -0.2) is 0 Å². The first-order valence-corrected chi connectivity index (χ1v) is 7.36. The first-order valence-electron chi connectivity index (χ1n) is 7.36. The molecule has 0 saturated heterocycles. The molecule has 0 aromatic heterocycles. The highest BCUT2D eigenvalue weighted by Gasteiger charge is 2.03. The Morgan fingerprint density at radius 1 is 1.05 bits per heavy atom. The van der Waals surface area contributed by atoms with Crippen molar-refractivity contribution >= 4 is 5.69 Å². The number of hydrogen-bond donors (Lipinski definition) is 1. The molecule has 0 bridgehead atoms. The minimum Gasteiger partial charge on any atom is -0.497 e. The number of rotatable bonds is 7. The zero-order valence-corrected chi connectivity index (χ0v) is 13.1. The Morgan fingerprint density at radius 3 is 2.43 bits per heavy atom. The van der Waals surface area contributed by atoms with E-state index < -0.39 is 0 Å². The average Bonchev–Trinajstić information content (AvgIpc) is 2.53. The van der Waals surface area contributed by atoms with E-state index >= 15 is 0 Å². The lowest BCUT2D eigenvalue weighted by molar-refractivity contribution is 0.415. The highest BCUT2D eigenvalue weighted by Crippen LogP contribution is 2.20. The van der Waals surface area contributed by atoms with Gasteiger partial charge in [0.25, 0.3) is 0 Å². The van der Waals surface area contributed by atoms with Crippen molar-refractivity contribution in [2.75, 3.05) is 25.6 Å². The second-order valence-electron chi connectivity index (χ2n) is 5.15. The maximum Gasteiger partial charge on any atom is 0.119 e. The Hall–Kier alpha value is -2.00. The van der Waals surface area contributed by atoms with Crippen LogP contribution in [0, 0.1) is 0 Å². The second-order valence-corrected chi connectivity index (χ2v) is 5.15. The first kappa shape index (κ1) is 15.4. The molecule has 2 aromatic rings. The summed E-state index contributed by atoms with van der Waals surface area (Å²) in [6.07, 6.45) is 0. The van der Waals surface area contributed by atoms with Gasteiger partial charge in [-0.3, -0.25) is 0 Å². The van der Waals surface area contributed by atoms with Crippen LogP contribution in [0.2, 0.25) is 0 Å². The van der Waals surface area contributed by atoms with E-state index in [0.717, 1.165) is 25.4 Å². The maximum atomic E-state index is 5.19. The third kappa shape index (κ3) is 4.50. The number of anilines is 1. The van der Waals surface area contributed by atoms with E-state index in [1.165, 1.54) is 16.8 Å². The molecular formula is C18H24N2O. The first-order chi connectivity index (χ1) is 10.2. The van der Waals surface area contributed by atoms with E-state index in [9.17, 15) is 0 Å². The van der Waals surface area contributed by atoms with Crippen molar-refractivity contribution in [1.29, 1.82) is 0 Å². The Balaban J connectivity index is 2.02. The molecule has 2 rings (SSSR count). The van der Waals surface area contributed by atoms with Gasteiger partial charge in [-0.1, -0.05) is 31.2 Å². The zero-order chi connectivity index (χ0) is 15.1. The Kier molecular flexibility index (Phi) is 5.64. The van der Waals surface area contributed by atoms with E-state index in [1.807, 2.05) is 12.1 Å². The van der Waals surface area contributed by atoms with Gasteiger partial charge in [0.1, 0.15) is 5.75 Å². The molecule has 0 aliphatic heterocycles. The Bertz CT molecular complexity index is 551. The fourth-order valence-electron chi connectivity index (χ4n) is 2.31. The largest absolute Gasteiger partial charge is 0.497 e. The standard InChI is InChI=1S/C18H24N2O/c1-4-19-13-15-6-5-7-16(12-15)14-20(2)17-8-10-18(21-3)11-9-17/h5-12,19H,4,13-14H2,1-3H3. The second kappa shape index (κ2) is 7.70. The van der Waals surface area contributed by atoms with E-state index in [-0.39, 0.29) is 0 Å². The van der Waals surface area contributed by atoms with Gasteiger partial charge in [-0.05, 0) is 41.9 Å². The third-order valence-corrected chi connectivity index (χ3v) is 3.50. The normalized spacial score (nSPS) is 10.4. The van der Waals surface area contributed by atoms with Gasteiger partial charge in [0.05, 0.1) is 7.11 Å². The van der Waals surface area contributed by atoms with Crippen molar-refractivity contribution in [2.24, 2.45) is 0 Å². The molecule has 0 unspecified atom stereocenters. The number of nitrogens with one attached hydrogen (secondary N) is 1. The Labute approximate surface area is 127 Å². The predicted octanol–water partition coefficient (Wildman–Crippen LogP) is 3.44. The molecule has 0 aliphatic rings.